The average molecular weight is 283 g/mol. The van der Waals surface area contributed by atoms with Crippen molar-refractivity contribution in [2.75, 3.05) is 6.61 Å². The Hall–Kier alpha value is -2.14. The minimum Gasteiger partial charge on any atom is -0.376 e. The number of rotatable bonds is 2. The molecular weight excluding hydrogens is 266 g/mol. The fourth-order valence-corrected chi connectivity index (χ4v) is 3.04. The molecule has 4 rings (SSSR count). The normalized spacial score (nSPS) is 18.8. The van der Waals surface area contributed by atoms with Gasteiger partial charge in [0.15, 0.2) is 0 Å². The molecule has 1 fully saturated rings. The van der Waals surface area contributed by atoms with E-state index in [1.165, 1.54) is 0 Å². The van der Waals surface area contributed by atoms with Gasteiger partial charge in [0.1, 0.15) is 11.0 Å². The monoisotopic (exact) mass is 283 g/mol. The van der Waals surface area contributed by atoms with E-state index in [0.29, 0.717) is 12.1 Å². The second kappa shape index (κ2) is 4.70. The first-order valence-electron chi connectivity index (χ1n) is 7.31. The lowest BCUT2D eigenvalue weighted by molar-refractivity contribution is 0.0960. The van der Waals surface area contributed by atoms with Crippen molar-refractivity contribution in [3.63, 3.8) is 0 Å². The van der Waals surface area contributed by atoms with Crippen LogP contribution < -0.4 is 5.56 Å². The van der Waals surface area contributed by atoms with Crippen LogP contribution in [-0.2, 0) is 11.3 Å². The van der Waals surface area contributed by atoms with Crippen LogP contribution in [0.1, 0.15) is 18.4 Å². The fraction of sp³-hybridized carbons (Fsp3) is 0.375. The largest absolute Gasteiger partial charge is 0.376 e. The molecule has 1 saturated heterocycles. The van der Waals surface area contributed by atoms with Crippen LogP contribution >= 0.6 is 0 Å². The van der Waals surface area contributed by atoms with E-state index in [0.717, 1.165) is 41.4 Å². The van der Waals surface area contributed by atoms with E-state index in [-0.39, 0.29) is 11.7 Å². The van der Waals surface area contributed by atoms with Gasteiger partial charge in [-0.25, -0.2) is 4.98 Å². The van der Waals surface area contributed by atoms with E-state index in [4.69, 9.17) is 4.74 Å². The summed E-state index contributed by atoms with van der Waals surface area (Å²) in [7, 11) is 0. The van der Waals surface area contributed by atoms with Crippen molar-refractivity contribution in [1.29, 1.82) is 0 Å². The number of hydrogen-bond donors (Lipinski definition) is 1. The summed E-state index contributed by atoms with van der Waals surface area (Å²) in [5.41, 5.74) is 3.42. The first kappa shape index (κ1) is 12.6. The van der Waals surface area contributed by atoms with Gasteiger partial charge in [-0.15, -0.1) is 0 Å². The molecule has 0 spiro atoms. The second-order valence-corrected chi connectivity index (χ2v) is 5.73. The highest BCUT2D eigenvalue weighted by molar-refractivity contribution is 6.04. The molecule has 5 nitrogen and oxygen atoms in total. The molecule has 21 heavy (non-hydrogen) atoms. The van der Waals surface area contributed by atoms with Gasteiger partial charge in [-0.05, 0) is 31.9 Å². The van der Waals surface area contributed by atoms with Crippen LogP contribution in [0.2, 0.25) is 0 Å². The molecule has 1 atom stereocenters. The zero-order chi connectivity index (χ0) is 14.4. The molecule has 1 N–H and O–H groups in total. The Labute approximate surface area is 121 Å². The van der Waals surface area contributed by atoms with Gasteiger partial charge in [-0.2, -0.15) is 0 Å². The Morgan fingerprint density at radius 2 is 2.38 bits per heavy atom. The standard InChI is InChI=1S/C16H17N3O2/c1-10-4-5-13-12(7-10)14-15(18-13)16(20)19(9-17-14)8-11-3-2-6-21-11/h4-5,7,9,11,18H,2-3,6,8H2,1H3/t11-/m0/s1. The van der Waals surface area contributed by atoms with Gasteiger partial charge in [0, 0.05) is 17.5 Å². The Balaban J connectivity index is 1.86. The van der Waals surface area contributed by atoms with Crippen LogP contribution in [0.4, 0.5) is 0 Å². The maximum atomic E-state index is 12.6. The van der Waals surface area contributed by atoms with Crippen LogP contribution in [0.25, 0.3) is 21.9 Å². The lowest BCUT2D eigenvalue weighted by Crippen LogP contribution is -2.26. The van der Waals surface area contributed by atoms with Gasteiger partial charge in [0.2, 0.25) is 0 Å². The summed E-state index contributed by atoms with van der Waals surface area (Å²) >= 11 is 0. The Kier molecular flexibility index (Phi) is 2.82. The van der Waals surface area contributed by atoms with Crippen LogP contribution in [-0.4, -0.2) is 27.2 Å². The highest BCUT2D eigenvalue weighted by Gasteiger charge is 2.18. The number of nitrogens with one attached hydrogen (secondary N) is 1. The Bertz CT molecular complexity index is 872. The van der Waals surface area contributed by atoms with Crippen LogP contribution in [0, 0.1) is 6.92 Å². The van der Waals surface area contributed by atoms with E-state index in [1.54, 1.807) is 10.9 Å². The molecule has 1 aromatic carbocycles. The number of aromatic nitrogens is 3. The molecule has 0 saturated carbocycles. The molecule has 0 bridgehead atoms. The zero-order valence-corrected chi connectivity index (χ0v) is 11.9. The van der Waals surface area contributed by atoms with E-state index in [9.17, 15) is 4.79 Å². The van der Waals surface area contributed by atoms with Crippen molar-refractivity contribution < 1.29 is 4.74 Å². The lowest BCUT2D eigenvalue weighted by atomic mass is 10.2. The maximum absolute atomic E-state index is 12.6. The first-order valence-corrected chi connectivity index (χ1v) is 7.31. The van der Waals surface area contributed by atoms with Crippen LogP contribution in [0.5, 0.6) is 0 Å². The summed E-state index contributed by atoms with van der Waals surface area (Å²) in [4.78, 5) is 20.3. The van der Waals surface area contributed by atoms with Crippen molar-refractivity contribution in [3.8, 4) is 0 Å². The number of benzene rings is 1. The highest BCUT2D eigenvalue weighted by atomic mass is 16.5. The van der Waals surface area contributed by atoms with Gasteiger partial charge < -0.3 is 9.72 Å². The van der Waals surface area contributed by atoms with E-state index in [2.05, 4.69) is 16.0 Å². The van der Waals surface area contributed by atoms with E-state index < -0.39 is 0 Å². The molecule has 3 aromatic rings. The lowest BCUT2D eigenvalue weighted by Gasteiger charge is -2.10. The third kappa shape index (κ3) is 2.05. The van der Waals surface area contributed by atoms with Gasteiger partial charge in [-0.1, -0.05) is 11.6 Å². The first-order chi connectivity index (χ1) is 10.2. The Morgan fingerprint density at radius 1 is 1.48 bits per heavy atom. The van der Waals surface area contributed by atoms with Crippen LogP contribution in [0.15, 0.2) is 29.3 Å². The highest BCUT2D eigenvalue weighted by Crippen LogP contribution is 2.22. The topological polar surface area (TPSA) is 59.9 Å². The van der Waals surface area contributed by atoms with Crippen molar-refractivity contribution in [2.45, 2.75) is 32.4 Å². The van der Waals surface area contributed by atoms with Gasteiger partial charge >= 0.3 is 0 Å². The quantitative estimate of drug-likeness (QED) is 0.785. The molecule has 0 radical (unpaired) electrons. The third-order valence-corrected chi connectivity index (χ3v) is 4.15. The molecule has 2 aromatic heterocycles. The molecule has 5 heteroatoms. The number of hydrogen-bond acceptors (Lipinski definition) is 3. The second-order valence-electron chi connectivity index (χ2n) is 5.73. The molecule has 0 amide bonds. The number of nitrogens with zero attached hydrogens (tertiary/aromatic N) is 2. The molecule has 108 valence electrons. The molecule has 0 unspecified atom stereocenters. The average Bonchev–Trinajstić information content (AvgIpc) is 3.09. The molecular formula is C16H17N3O2. The summed E-state index contributed by atoms with van der Waals surface area (Å²) in [5, 5.41) is 1.01. The molecule has 1 aliphatic rings. The number of aromatic amines is 1. The zero-order valence-electron chi connectivity index (χ0n) is 11.9. The summed E-state index contributed by atoms with van der Waals surface area (Å²) in [6, 6.07) is 6.09. The van der Waals surface area contributed by atoms with Gasteiger partial charge in [-0.3, -0.25) is 9.36 Å². The predicted molar refractivity (Wildman–Crippen MR) is 81.6 cm³/mol. The molecule has 3 heterocycles. The SMILES string of the molecule is Cc1ccc2[nH]c3c(=O)n(C[C@@H]4CCCO4)cnc3c2c1. The van der Waals surface area contributed by atoms with E-state index >= 15 is 0 Å². The fourth-order valence-electron chi connectivity index (χ4n) is 3.04. The van der Waals surface area contributed by atoms with Gasteiger partial charge in [0.25, 0.3) is 5.56 Å². The smallest absolute Gasteiger partial charge is 0.277 e. The van der Waals surface area contributed by atoms with Crippen molar-refractivity contribution in [2.24, 2.45) is 0 Å². The number of aryl methyl sites for hydroxylation is 1. The van der Waals surface area contributed by atoms with Crippen LogP contribution in [0.3, 0.4) is 0 Å². The molecule has 1 aliphatic heterocycles. The predicted octanol–water partition coefficient (Wildman–Crippen LogP) is 2.37. The van der Waals surface area contributed by atoms with Crippen molar-refractivity contribution in [1.82, 2.24) is 14.5 Å². The van der Waals surface area contributed by atoms with Crippen molar-refractivity contribution >= 4 is 21.9 Å². The summed E-state index contributed by atoms with van der Waals surface area (Å²) in [5.74, 6) is 0. The summed E-state index contributed by atoms with van der Waals surface area (Å²) in [6.45, 7) is 3.41. The number of H-pyrrole nitrogens is 1. The van der Waals surface area contributed by atoms with E-state index in [1.807, 2.05) is 19.1 Å². The minimum atomic E-state index is -0.0237. The Morgan fingerprint density at radius 3 is 3.19 bits per heavy atom. The number of fused-ring (bicyclic) bond motifs is 3. The molecule has 0 aliphatic carbocycles. The third-order valence-electron chi connectivity index (χ3n) is 4.15. The minimum absolute atomic E-state index is 0.0237. The van der Waals surface area contributed by atoms with Gasteiger partial charge in [0.05, 0.1) is 19.0 Å². The summed E-state index contributed by atoms with van der Waals surface area (Å²) in [6.07, 6.45) is 3.85. The maximum Gasteiger partial charge on any atom is 0.277 e. The van der Waals surface area contributed by atoms with Crippen molar-refractivity contribution in [3.05, 3.63) is 40.4 Å². The number of ether oxygens (including phenoxy) is 1. The summed E-state index contributed by atoms with van der Waals surface area (Å²) < 4.78 is 7.25.